The van der Waals surface area contributed by atoms with Gasteiger partial charge in [0.05, 0.1) is 0 Å². The van der Waals surface area contributed by atoms with Crippen LogP contribution in [0.25, 0.3) is 11.1 Å². The van der Waals surface area contributed by atoms with Gasteiger partial charge < -0.3 is 10.5 Å². The molecule has 2 aromatic carbocycles. The van der Waals surface area contributed by atoms with Gasteiger partial charge in [-0.3, -0.25) is 0 Å². The van der Waals surface area contributed by atoms with Gasteiger partial charge in [0.25, 0.3) is 0 Å². The average molecular weight is 263 g/mol. The molecule has 3 aromatic rings. The number of hydrogen-bond donors (Lipinski definition) is 1. The van der Waals surface area contributed by atoms with Gasteiger partial charge in [0.1, 0.15) is 5.75 Å². The van der Waals surface area contributed by atoms with Gasteiger partial charge in [0.2, 0.25) is 0 Å². The van der Waals surface area contributed by atoms with Gasteiger partial charge in [-0.25, -0.2) is 9.97 Å². The molecule has 2 N–H and O–H groups in total. The summed E-state index contributed by atoms with van der Waals surface area (Å²) in [7, 11) is 0. The summed E-state index contributed by atoms with van der Waals surface area (Å²) >= 11 is 0. The molecule has 4 nitrogen and oxygen atoms in total. The molecule has 0 aliphatic heterocycles. The molecule has 0 aliphatic carbocycles. The van der Waals surface area contributed by atoms with Gasteiger partial charge in [-0.05, 0) is 29.8 Å². The van der Waals surface area contributed by atoms with E-state index in [1.807, 2.05) is 54.6 Å². The van der Waals surface area contributed by atoms with Crippen molar-refractivity contribution in [2.45, 2.75) is 0 Å². The lowest BCUT2D eigenvalue weighted by atomic mass is 10.1. The van der Waals surface area contributed by atoms with Gasteiger partial charge in [-0.2, -0.15) is 0 Å². The van der Waals surface area contributed by atoms with Crippen LogP contribution in [0.15, 0.2) is 67.0 Å². The van der Waals surface area contributed by atoms with Crippen molar-refractivity contribution >= 4 is 5.69 Å². The normalized spacial score (nSPS) is 10.2. The Balaban J connectivity index is 1.79. The van der Waals surface area contributed by atoms with Crippen molar-refractivity contribution in [2.24, 2.45) is 0 Å². The van der Waals surface area contributed by atoms with E-state index in [0.29, 0.717) is 11.8 Å². The summed E-state index contributed by atoms with van der Waals surface area (Å²) in [6, 6.07) is 17.4. The third kappa shape index (κ3) is 2.75. The summed E-state index contributed by atoms with van der Waals surface area (Å²) in [5.41, 5.74) is 8.34. The second kappa shape index (κ2) is 5.40. The molecule has 0 fully saturated rings. The van der Waals surface area contributed by atoms with Crippen molar-refractivity contribution in [1.82, 2.24) is 9.97 Å². The lowest BCUT2D eigenvalue weighted by Gasteiger charge is -2.05. The van der Waals surface area contributed by atoms with Gasteiger partial charge in [0.15, 0.2) is 0 Å². The largest absolute Gasteiger partial charge is 0.424 e. The molecular formula is C16H13N3O. The first kappa shape index (κ1) is 12.2. The first-order chi connectivity index (χ1) is 9.81. The Morgan fingerprint density at radius 1 is 0.750 bits per heavy atom. The quantitative estimate of drug-likeness (QED) is 0.734. The highest BCUT2D eigenvalue weighted by Crippen LogP contribution is 2.21. The number of anilines is 1. The van der Waals surface area contributed by atoms with E-state index < -0.39 is 0 Å². The van der Waals surface area contributed by atoms with E-state index in [4.69, 9.17) is 10.5 Å². The number of para-hydroxylation sites is 1. The first-order valence-electron chi connectivity index (χ1n) is 6.22. The SMILES string of the molecule is Nc1ccc(-c2cnc(Oc3ccccc3)nc2)cc1. The summed E-state index contributed by atoms with van der Waals surface area (Å²) in [4.78, 5) is 8.42. The average Bonchev–Trinajstić information content (AvgIpc) is 2.50. The molecule has 0 aliphatic rings. The number of nitrogen functional groups attached to an aromatic ring is 1. The summed E-state index contributed by atoms with van der Waals surface area (Å²) in [6.07, 6.45) is 3.47. The molecule has 0 amide bonds. The third-order valence-electron chi connectivity index (χ3n) is 2.82. The topological polar surface area (TPSA) is 61.0 Å². The van der Waals surface area contributed by atoms with E-state index in [2.05, 4.69) is 9.97 Å². The van der Waals surface area contributed by atoms with Crippen LogP contribution in [0.1, 0.15) is 0 Å². The van der Waals surface area contributed by atoms with Crippen LogP contribution in [-0.2, 0) is 0 Å². The number of rotatable bonds is 3. The van der Waals surface area contributed by atoms with Crippen LogP contribution < -0.4 is 10.5 Å². The highest BCUT2D eigenvalue weighted by Gasteiger charge is 2.02. The maximum absolute atomic E-state index is 5.66. The Labute approximate surface area is 116 Å². The Hall–Kier alpha value is -2.88. The zero-order valence-electron chi connectivity index (χ0n) is 10.7. The summed E-state index contributed by atoms with van der Waals surface area (Å²) < 4.78 is 5.55. The van der Waals surface area contributed by atoms with Crippen LogP contribution in [-0.4, -0.2) is 9.97 Å². The number of hydrogen-bond acceptors (Lipinski definition) is 4. The molecule has 0 unspecified atom stereocenters. The number of aromatic nitrogens is 2. The molecule has 20 heavy (non-hydrogen) atoms. The second-order valence-electron chi connectivity index (χ2n) is 4.29. The number of nitrogens with zero attached hydrogens (tertiary/aromatic N) is 2. The van der Waals surface area contributed by atoms with Gasteiger partial charge in [-0.1, -0.05) is 30.3 Å². The predicted molar refractivity (Wildman–Crippen MR) is 78.4 cm³/mol. The maximum Gasteiger partial charge on any atom is 0.321 e. The van der Waals surface area contributed by atoms with Crippen LogP contribution in [0.5, 0.6) is 11.8 Å². The Morgan fingerprint density at radius 3 is 2.05 bits per heavy atom. The lowest BCUT2D eigenvalue weighted by Crippen LogP contribution is -1.92. The summed E-state index contributed by atoms with van der Waals surface area (Å²) in [5, 5.41) is 0. The van der Waals surface area contributed by atoms with Crippen LogP contribution in [0.3, 0.4) is 0 Å². The highest BCUT2D eigenvalue weighted by atomic mass is 16.5. The minimum atomic E-state index is 0.329. The molecule has 1 heterocycles. The van der Waals surface area contributed by atoms with Gasteiger partial charge in [0, 0.05) is 23.6 Å². The van der Waals surface area contributed by atoms with E-state index in [1.54, 1.807) is 12.4 Å². The molecule has 1 aromatic heterocycles. The maximum atomic E-state index is 5.66. The zero-order chi connectivity index (χ0) is 13.8. The molecule has 0 bridgehead atoms. The fraction of sp³-hybridized carbons (Fsp3) is 0. The smallest absolute Gasteiger partial charge is 0.321 e. The monoisotopic (exact) mass is 263 g/mol. The van der Waals surface area contributed by atoms with Crippen LogP contribution >= 0.6 is 0 Å². The zero-order valence-corrected chi connectivity index (χ0v) is 10.7. The van der Waals surface area contributed by atoms with E-state index in [1.165, 1.54) is 0 Å². The molecule has 98 valence electrons. The summed E-state index contributed by atoms with van der Waals surface area (Å²) in [6.45, 7) is 0. The molecule has 3 rings (SSSR count). The third-order valence-corrected chi connectivity index (χ3v) is 2.82. The van der Waals surface area contributed by atoms with Crippen molar-refractivity contribution in [1.29, 1.82) is 0 Å². The van der Waals surface area contributed by atoms with Crippen molar-refractivity contribution in [3.05, 3.63) is 67.0 Å². The summed E-state index contributed by atoms with van der Waals surface area (Å²) in [5.74, 6) is 0.715. The molecule has 0 saturated heterocycles. The van der Waals surface area contributed by atoms with Gasteiger partial charge in [-0.15, -0.1) is 0 Å². The Kier molecular flexibility index (Phi) is 3.29. The van der Waals surface area contributed by atoms with Crippen LogP contribution in [0.4, 0.5) is 5.69 Å². The molecule has 0 spiro atoms. The fourth-order valence-electron chi connectivity index (χ4n) is 1.79. The highest BCUT2D eigenvalue weighted by molar-refractivity contribution is 5.63. The Morgan fingerprint density at radius 2 is 1.40 bits per heavy atom. The predicted octanol–water partition coefficient (Wildman–Crippen LogP) is 3.52. The molecular weight excluding hydrogens is 250 g/mol. The van der Waals surface area contributed by atoms with Crippen LogP contribution in [0.2, 0.25) is 0 Å². The van der Waals surface area contributed by atoms with E-state index in [9.17, 15) is 0 Å². The van der Waals surface area contributed by atoms with Crippen molar-refractivity contribution in [3.8, 4) is 22.9 Å². The molecule has 4 heteroatoms. The first-order valence-corrected chi connectivity index (χ1v) is 6.22. The Bertz CT molecular complexity index is 679. The van der Waals surface area contributed by atoms with Gasteiger partial charge >= 0.3 is 6.01 Å². The number of nitrogens with two attached hydrogens (primary N) is 1. The minimum Gasteiger partial charge on any atom is -0.424 e. The van der Waals surface area contributed by atoms with E-state index in [-0.39, 0.29) is 0 Å². The van der Waals surface area contributed by atoms with Crippen LogP contribution in [0, 0.1) is 0 Å². The molecule has 0 atom stereocenters. The van der Waals surface area contributed by atoms with E-state index in [0.717, 1.165) is 16.8 Å². The standard InChI is InChI=1S/C16H13N3O/c17-14-8-6-12(7-9-14)13-10-18-16(19-11-13)20-15-4-2-1-3-5-15/h1-11H,17H2. The molecule has 0 saturated carbocycles. The fourth-order valence-corrected chi connectivity index (χ4v) is 1.79. The number of benzene rings is 2. The second-order valence-corrected chi connectivity index (χ2v) is 4.29. The van der Waals surface area contributed by atoms with Crippen molar-refractivity contribution < 1.29 is 4.74 Å². The van der Waals surface area contributed by atoms with Crippen molar-refractivity contribution in [3.63, 3.8) is 0 Å². The minimum absolute atomic E-state index is 0.329. The van der Waals surface area contributed by atoms with E-state index >= 15 is 0 Å². The number of ether oxygens (including phenoxy) is 1. The molecule has 0 radical (unpaired) electrons. The lowest BCUT2D eigenvalue weighted by molar-refractivity contribution is 0.442. The van der Waals surface area contributed by atoms with Crippen molar-refractivity contribution in [2.75, 3.05) is 5.73 Å².